The lowest BCUT2D eigenvalue weighted by atomic mass is 10.0. The number of benzene rings is 2. The molecular weight excluding hydrogens is 309 g/mol. The number of rotatable bonds is 3. The number of nitrogens with one attached hydrogen (secondary N) is 1. The van der Waals surface area contributed by atoms with Gasteiger partial charge in [0, 0.05) is 17.7 Å². The van der Waals surface area contributed by atoms with E-state index in [1.807, 2.05) is 0 Å². The van der Waals surface area contributed by atoms with Crippen LogP contribution in [-0.4, -0.2) is 11.7 Å². The summed E-state index contributed by atoms with van der Waals surface area (Å²) in [6.07, 6.45) is 0.570. The third-order valence-electron chi connectivity index (χ3n) is 3.40. The van der Waals surface area contributed by atoms with E-state index in [4.69, 9.17) is 23.2 Å². The van der Waals surface area contributed by atoms with Crippen molar-refractivity contribution in [2.24, 2.45) is 0 Å². The average molecular weight is 320 g/mol. The first-order valence-electron chi connectivity index (χ1n) is 6.43. The smallest absolute Gasteiger partial charge is 0.228 e. The molecule has 106 valence electrons. The molecule has 0 fully saturated rings. The minimum absolute atomic E-state index is 0.0180. The molecule has 1 amide bonds. The van der Waals surface area contributed by atoms with Crippen LogP contribution in [0, 0.1) is 0 Å². The Bertz CT molecular complexity index is 756. The molecule has 0 spiro atoms. The van der Waals surface area contributed by atoms with Gasteiger partial charge in [0.1, 0.15) is 0 Å². The Labute approximate surface area is 131 Å². The van der Waals surface area contributed by atoms with Crippen LogP contribution in [0.5, 0.6) is 0 Å². The fourth-order valence-electron chi connectivity index (χ4n) is 2.34. The van der Waals surface area contributed by atoms with Crippen molar-refractivity contribution in [1.82, 2.24) is 0 Å². The van der Waals surface area contributed by atoms with Crippen LogP contribution in [0.1, 0.15) is 21.5 Å². The van der Waals surface area contributed by atoms with Crippen molar-refractivity contribution in [3.05, 3.63) is 63.1 Å². The highest BCUT2D eigenvalue weighted by molar-refractivity contribution is 6.42. The van der Waals surface area contributed by atoms with E-state index >= 15 is 0 Å². The van der Waals surface area contributed by atoms with Gasteiger partial charge in [-0.2, -0.15) is 0 Å². The Morgan fingerprint density at radius 2 is 1.90 bits per heavy atom. The Balaban J connectivity index is 1.81. The average Bonchev–Trinajstić information content (AvgIpc) is 2.82. The van der Waals surface area contributed by atoms with Crippen LogP contribution in [0.3, 0.4) is 0 Å². The number of anilines is 1. The van der Waals surface area contributed by atoms with Gasteiger partial charge in [0.2, 0.25) is 5.91 Å². The minimum Gasteiger partial charge on any atom is -0.326 e. The molecule has 0 saturated heterocycles. The second kappa shape index (κ2) is 5.51. The van der Waals surface area contributed by atoms with E-state index in [1.165, 1.54) is 0 Å². The summed E-state index contributed by atoms with van der Waals surface area (Å²) in [6, 6.07) is 10.4. The van der Waals surface area contributed by atoms with E-state index < -0.39 is 0 Å². The highest BCUT2D eigenvalue weighted by Crippen LogP contribution is 2.26. The van der Waals surface area contributed by atoms with Crippen LogP contribution >= 0.6 is 23.2 Å². The van der Waals surface area contributed by atoms with E-state index in [0.29, 0.717) is 22.0 Å². The summed E-state index contributed by atoms with van der Waals surface area (Å²) in [5, 5.41) is 3.65. The molecule has 3 rings (SSSR count). The first-order valence-corrected chi connectivity index (χ1v) is 7.18. The van der Waals surface area contributed by atoms with E-state index in [1.54, 1.807) is 36.4 Å². The van der Waals surface area contributed by atoms with Crippen LogP contribution in [0.15, 0.2) is 36.4 Å². The van der Waals surface area contributed by atoms with Crippen LogP contribution in [0.25, 0.3) is 0 Å². The fourth-order valence-corrected chi connectivity index (χ4v) is 2.66. The first-order chi connectivity index (χ1) is 10.0. The van der Waals surface area contributed by atoms with E-state index in [2.05, 4.69) is 5.32 Å². The van der Waals surface area contributed by atoms with Gasteiger partial charge in [-0.1, -0.05) is 29.3 Å². The molecule has 5 heteroatoms. The molecule has 2 aromatic rings. The zero-order chi connectivity index (χ0) is 15.0. The maximum atomic E-state index is 12.3. The van der Waals surface area contributed by atoms with Crippen LogP contribution in [-0.2, 0) is 17.6 Å². The lowest BCUT2D eigenvalue weighted by molar-refractivity contribution is -0.115. The number of carbonyl (C=O) groups is 2. The van der Waals surface area contributed by atoms with Gasteiger partial charge in [-0.25, -0.2) is 0 Å². The predicted octanol–water partition coefficient (Wildman–Crippen LogP) is 3.91. The summed E-state index contributed by atoms with van der Waals surface area (Å²) >= 11 is 11.8. The number of ketones is 1. The van der Waals surface area contributed by atoms with Crippen molar-refractivity contribution in [3.8, 4) is 0 Å². The molecule has 0 unspecified atom stereocenters. The zero-order valence-electron chi connectivity index (χ0n) is 11.0. The topological polar surface area (TPSA) is 46.2 Å². The summed E-state index contributed by atoms with van der Waals surface area (Å²) in [7, 11) is 0. The molecule has 0 bridgehead atoms. The summed E-state index contributed by atoms with van der Waals surface area (Å²) in [4.78, 5) is 23.6. The molecule has 3 nitrogen and oxygen atoms in total. The van der Waals surface area contributed by atoms with Gasteiger partial charge in [0.15, 0.2) is 5.78 Å². The second-order valence-electron chi connectivity index (χ2n) is 4.95. The normalized spacial score (nSPS) is 13.0. The van der Waals surface area contributed by atoms with Gasteiger partial charge in [-0.3, -0.25) is 9.59 Å². The monoisotopic (exact) mass is 319 g/mol. The van der Waals surface area contributed by atoms with Gasteiger partial charge in [-0.05, 0) is 41.5 Å². The maximum Gasteiger partial charge on any atom is 0.228 e. The van der Waals surface area contributed by atoms with Crippen molar-refractivity contribution in [2.75, 3.05) is 5.32 Å². The quantitative estimate of drug-likeness (QED) is 0.872. The molecule has 0 saturated carbocycles. The summed E-state index contributed by atoms with van der Waals surface area (Å²) in [6.45, 7) is 0. The van der Waals surface area contributed by atoms with Crippen molar-refractivity contribution in [1.29, 1.82) is 0 Å². The van der Waals surface area contributed by atoms with E-state index in [0.717, 1.165) is 16.8 Å². The Morgan fingerprint density at radius 3 is 2.67 bits per heavy atom. The van der Waals surface area contributed by atoms with Gasteiger partial charge in [0.05, 0.1) is 16.5 Å². The number of hydrogen-bond donors (Lipinski definition) is 1. The first kappa shape index (κ1) is 14.1. The maximum absolute atomic E-state index is 12.3. The predicted molar refractivity (Wildman–Crippen MR) is 83.3 cm³/mol. The van der Waals surface area contributed by atoms with Gasteiger partial charge in [-0.15, -0.1) is 0 Å². The fraction of sp³-hybridized carbons (Fsp3) is 0.125. The zero-order valence-corrected chi connectivity index (χ0v) is 12.5. The molecule has 0 atom stereocenters. The number of carbonyl (C=O) groups excluding carboxylic acids is 2. The number of amides is 1. The molecule has 1 heterocycles. The van der Waals surface area contributed by atoms with Gasteiger partial charge >= 0.3 is 0 Å². The summed E-state index contributed by atoms with van der Waals surface area (Å²) in [5.74, 6) is -0.0605. The molecular formula is C16H11Cl2NO2. The molecule has 1 N–H and O–H groups in total. The number of halogens is 2. The van der Waals surface area contributed by atoms with Gasteiger partial charge in [0.25, 0.3) is 0 Å². The summed E-state index contributed by atoms with van der Waals surface area (Å²) in [5.41, 5.74) is 3.05. The second-order valence-corrected chi connectivity index (χ2v) is 5.76. The van der Waals surface area contributed by atoms with Gasteiger partial charge < -0.3 is 5.32 Å². The lowest BCUT2D eigenvalue weighted by Crippen LogP contribution is -2.04. The van der Waals surface area contributed by atoms with Crippen LogP contribution in [0.4, 0.5) is 5.69 Å². The van der Waals surface area contributed by atoms with Crippen molar-refractivity contribution in [3.63, 3.8) is 0 Å². The largest absolute Gasteiger partial charge is 0.326 e. The van der Waals surface area contributed by atoms with Crippen LogP contribution < -0.4 is 5.32 Å². The molecule has 0 radical (unpaired) electrons. The molecule has 0 aromatic heterocycles. The van der Waals surface area contributed by atoms with Crippen molar-refractivity contribution >= 4 is 40.6 Å². The van der Waals surface area contributed by atoms with Crippen molar-refractivity contribution in [2.45, 2.75) is 12.8 Å². The highest BCUT2D eigenvalue weighted by atomic mass is 35.5. The molecule has 21 heavy (non-hydrogen) atoms. The number of fused-ring (bicyclic) bond motifs is 1. The number of hydrogen-bond acceptors (Lipinski definition) is 2. The summed E-state index contributed by atoms with van der Waals surface area (Å²) < 4.78 is 0. The molecule has 1 aliphatic rings. The molecule has 2 aromatic carbocycles. The van der Waals surface area contributed by atoms with Crippen molar-refractivity contribution < 1.29 is 9.59 Å². The van der Waals surface area contributed by atoms with E-state index in [-0.39, 0.29) is 18.1 Å². The third-order valence-corrected chi connectivity index (χ3v) is 4.14. The van der Waals surface area contributed by atoms with Crippen LogP contribution in [0.2, 0.25) is 10.0 Å². The lowest BCUT2D eigenvalue weighted by Gasteiger charge is -2.05. The molecule has 1 aliphatic heterocycles. The minimum atomic E-state index is -0.0425. The Morgan fingerprint density at radius 1 is 1.10 bits per heavy atom. The highest BCUT2D eigenvalue weighted by Gasteiger charge is 2.19. The third kappa shape index (κ3) is 2.94. The van der Waals surface area contributed by atoms with E-state index in [9.17, 15) is 9.59 Å². The Kier molecular flexibility index (Phi) is 3.70. The standard InChI is InChI=1S/C16H11Cl2NO2/c17-12-3-1-9(5-13(12)18)6-15(20)10-2-4-14-11(7-10)8-16(21)19-14/h1-5,7H,6,8H2,(H,19,21). The number of Topliss-reactive ketones (excluding diaryl/α,β-unsaturated/α-hetero) is 1. The SMILES string of the molecule is O=C1Cc2cc(C(=O)Cc3ccc(Cl)c(Cl)c3)ccc2N1. The molecule has 0 aliphatic carbocycles. The Hall–Kier alpha value is -1.84.